The lowest BCUT2D eigenvalue weighted by atomic mass is 10.0. The van der Waals surface area contributed by atoms with E-state index in [9.17, 15) is 0 Å². The Morgan fingerprint density at radius 1 is 1.25 bits per heavy atom. The molecular weight excluding hydrogens is 328 g/mol. The minimum atomic E-state index is 0.369. The molecule has 0 aliphatic carbocycles. The molecule has 8 heavy (non-hydrogen) atoms. The van der Waals surface area contributed by atoms with E-state index < -0.39 is 0 Å². The van der Waals surface area contributed by atoms with E-state index >= 15 is 0 Å². The van der Waals surface area contributed by atoms with E-state index in [-0.39, 0.29) is 0 Å². The van der Waals surface area contributed by atoms with Crippen LogP contribution in [-0.4, -0.2) is 7.09 Å². The van der Waals surface area contributed by atoms with Crippen molar-refractivity contribution in [2.75, 3.05) is 0 Å². The fourth-order valence-electron chi connectivity index (χ4n) is 1.15. The first-order valence-electron chi connectivity index (χ1n) is 2.59. The maximum atomic E-state index is 3.43. The smallest absolute Gasteiger partial charge is 0.0712 e. The molecule has 1 aliphatic rings. The molecule has 0 aromatic heterocycles. The molecule has 0 spiro atoms. The third kappa shape index (κ3) is 1.70. The Morgan fingerprint density at radius 3 is 1.50 bits per heavy atom. The van der Waals surface area contributed by atoms with Crippen LogP contribution in [0, 0.1) is 0 Å². The SMILES string of the molecule is CC1(I)CC(C)(I)N1. The summed E-state index contributed by atoms with van der Waals surface area (Å²) < 4.78 is 0.737. The number of nitrogens with one attached hydrogen (secondary N) is 1. The van der Waals surface area contributed by atoms with Crippen LogP contribution in [0.2, 0.25) is 0 Å². The normalized spacial score (nSPS) is 55.5. The molecule has 0 radical (unpaired) electrons. The van der Waals surface area contributed by atoms with Gasteiger partial charge in [0.15, 0.2) is 0 Å². The van der Waals surface area contributed by atoms with Crippen molar-refractivity contribution in [3.8, 4) is 0 Å². The van der Waals surface area contributed by atoms with E-state index in [4.69, 9.17) is 0 Å². The highest BCUT2D eigenvalue weighted by Crippen LogP contribution is 2.42. The molecule has 0 aromatic carbocycles. The number of hydrogen-bond acceptors (Lipinski definition) is 1. The van der Waals surface area contributed by atoms with Crippen LogP contribution >= 0.6 is 45.2 Å². The lowest BCUT2D eigenvalue weighted by molar-refractivity contribution is 0.269. The average Bonchev–Trinajstić information content (AvgIpc) is 1.20. The second-order valence-corrected chi connectivity index (χ2v) is 7.46. The maximum Gasteiger partial charge on any atom is 0.0712 e. The topological polar surface area (TPSA) is 12.0 Å². The van der Waals surface area contributed by atoms with Gasteiger partial charge in [0.25, 0.3) is 0 Å². The summed E-state index contributed by atoms with van der Waals surface area (Å²) in [7, 11) is 0. The molecule has 0 saturated carbocycles. The third-order valence-electron chi connectivity index (χ3n) is 1.19. The average molecular weight is 337 g/mol. The van der Waals surface area contributed by atoms with Gasteiger partial charge in [-0.15, -0.1) is 0 Å². The van der Waals surface area contributed by atoms with Crippen molar-refractivity contribution < 1.29 is 0 Å². The largest absolute Gasteiger partial charge is 0.289 e. The van der Waals surface area contributed by atoms with E-state index in [1.807, 2.05) is 0 Å². The second kappa shape index (κ2) is 1.95. The van der Waals surface area contributed by atoms with Gasteiger partial charge < -0.3 is 0 Å². The Kier molecular flexibility index (Phi) is 1.83. The number of alkyl halides is 2. The van der Waals surface area contributed by atoms with Gasteiger partial charge in [-0.2, -0.15) is 0 Å². The molecule has 0 bridgehead atoms. The van der Waals surface area contributed by atoms with Crippen LogP contribution in [0.3, 0.4) is 0 Å². The highest BCUT2D eigenvalue weighted by Gasteiger charge is 2.44. The van der Waals surface area contributed by atoms with Crippen LogP contribution in [0.4, 0.5) is 0 Å². The van der Waals surface area contributed by atoms with Crippen molar-refractivity contribution in [1.29, 1.82) is 0 Å². The van der Waals surface area contributed by atoms with Crippen LogP contribution in [-0.2, 0) is 0 Å². The monoisotopic (exact) mass is 337 g/mol. The predicted molar refractivity (Wildman–Crippen MR) is 52.6 cm³/mol. The van der Waals surface area contributed by atoms with Crippen LogP contribution < -0.4 is 5.32 Å². The number of halogens is 2. The summed E-state index contributed by atoms with van der Waals surface area (Å²) in [5.41, 5.74) is 0. The van der Waals surface area contributed by atoms with Gasteiger partial charge in [0.1, 0.15) is 0 Å². The minimum Gasteiger partial charge on any atom is -0.289 e. The molecule has 1 N–H and O–H groups in total. The maximum absolute atomic E-state index is 3.43. The highest BCUT2D eigenvalue weighted by atomic mass is 127. The van der Waals surface area contributed by atoms with Crippen molar-refractivity contribution in [1.82, 2.24) is 5.32 Å². The fraction of sp³-hybridized carbons (Fsp3) is 1.00. The predicted octanol–water partition coefficient (Wildman–Crippen LogP) is 2.28. The summed E-state index contributed by atoms with van der Waals surface area (Å²) in [4.78, 5) is 0. The van der Waals surface area contributed by atoms with E-state index in [2.05, 4.69) is 64.3 Å². The molecule has 2 unspecified atom stereocenters. The molecule has 1 nitrogen and oxygen atoms in total. The van der Waals surface area contributed by atoms with Gasteiger partial charge in [-0.05, 0) is 13.8 Å². The Morgan fingerprint density at radius 2 is 1.50 bits per heavy atom. The second-order valence-electron chi connectivity index (χ2n) is 2.70. The Hall–Kier alpha value is 1.42. The third-order valence-corrected chi connectivity index (χ3v) is 2.49. The van der Waals surface area contributed by atoms with Crippen LogP contribution in [0.25, 0.3) is 0 Å². The summed E-state index contributed by atoms with van der Waals surface area (Å²) in [6, 6.07) is 0. The number of hydrogen-bond donors (Lipinski definition) is 1. The van der Waals surface area contributed by atoms with Gasteiger partial charge in [-0.1, -0.05) is 45.2 Å². The van der Waals surface area contributed by atoms with Crippen molar-refractivity contribution >= 4 is 45.2 Å². The summed E-state index contributed by atoms with van der Waals surface area (Å²) >= 11 is 4.87. The van der Waals surface area contributed by atoms with E-state index in [0.717, 1.165) is 0 Å². The molecular formula is C5H9I2N. The van der Waals surface area contributed by atoms with Gasteiger partial charge in [0.05, 0.1) is 7.09 Å². The Labute approximate surface area is 77.3 Å². The van der Waals surface area contributed by atoms with Gasteiger partial charge in [-0.25, -0.2) is 0 Å². The molecule has 2 atom stereocenters. The highest BCUT2D eigenvalue weighted by molar-refractivity contribution is 14.1. The zero-order valence-electron chi connectivity index (χ0n) is 4.96. The molecule has 1 aliphatic heterocycles. The van der Waals surface area contributed by atoms with Crippen molar-refractivity contribution in [3.63, 3.8) is 0 Å². The van der Waals surface area contributed by atoms with Crippen LogP contribution in [0.5, 0.6) is 0 Å². The van der Waals surface area contributed by atoms with Gasteiger partial charge in [0, 0.05) is 6.42 Å². The summed E-state index contributed by atoms with van der Waals surface area (Å²) in [6.07, 6.45) is 1.26. The van der Waals surface area contributed by atoms with Crippen molar-refractivity contribution in [2.45, 2.75) is 27.4 Å². The molecule has 1 heterocycles. The molecule has 1 fully saturated rings. The van der Waals surface area contributed by atoms with Crippen LogP contribution in [0.1, 0.15) is 20.3 Å². The molecule has 1 rings (SSSR count). The van der Waals surface area contributed by atoms with Crippen molar-refractivity contribution in [3.05, 3.63) is 0 Å². The Balaban J connectivity index is 2.42. The zero-order chi connectivity index (χ0) is 6.41. The quantitative estimate of drug-likeness (QED) is 0.406. The van der Waals surface area contributed by atoms with E-state index in [0.29, 0.717) is 7.09 Å². The van der Waals surface area contributed by atoms with Gasteiger partial charge in [-0.3, -0.25) is 5.32 Å². The van der Waals surface area contributed by atoms with E-state index in [1.54, 1.807) is 0 Å². The fourth-order valence-corrected chi connectivity index (χ4v) is 5.11. The molecule has 1 saturated heterocycles. The van der Waals surface area contributed by atoms with E-state index in [1.165, 1.54) is 6.42 Å². The molecule has 3 heteroatoms. The molecule has 0 aromatic rings. The summed E-state index contributed by atoms with van der Waals surface area (Å²) in [5, 5.41) is 3.43. The summed E-state index contributed by atoms with van der Waals surface area (Å²) in [5.74, 6) is 0. The standard InChI is InChI=1S/C5H9I2N/c1-4(6)3-5(2,7)8-4/h8H,3H2,1-2H3. The van der Waals surface area contributed by atoms with Crippen molar-refractivity contribution in [2.24, 2.45) is 0 Å². The molecule has 48 valence electrons. The lowest BCUT2D eigenvalue weighted by Crippen LogP contribution is -2.62. The van der Waals surface area contributed by atoms with Gasteiger partial charge >= 0.3 is 0 Å². The first kappa shape index (κ1) is 7.53. The van der Waals surface area contributed by atoms with Crippen LogP contribution in [0.15, 0.2) is 0 Å². The zero-order valence-corrected chi connectivity index (χ0v) is 9.28. The Bertz CT molecular complexity index is 87.0. The first-order chi connectivity index (χ1) is 3.41. The first-order valence-corrected chi connectivity index (χ1v) is 4.74. The lowest BCUT2D eigenvalue weighted by Gasteiger charge is -2.47. The number of rotatable bonds is 0. The molecule has 0 amide bonds. The minimum absolute atomic E-state index is 0.369. The summed E-state index contributed by atoms with van der Waals surface area (Å²) in [6.45, 7) is 4.43. The van der Waals surface area contributed by atoms with Gasteiger partial charge in [0.2, 0.25) is 0 Å².